The van der Waals surface area contributed by atoms with Gasteiger partial charge in [0, 0.05) is 24.0 Å². The Kier molecular flexibility index (Phi) is 4.28. The third kappa shape index (κ3) is 3.10. The molecule has 0 aliphatic heterocycles. The molecule has 0 saturated heterocycles. The maximum absolute atomic E-state index is 5.91. The molecule has 0 aliphatic carbocycles. The van der Waals surface area contributed by atoms with Gasteiger partial charge in [0.25, 0.3) is 0 Å². The van der Waals surface area contributed by atoms with Crippen LogP contribution in [-0.2, 0) is 13.0 Å². The quantitative estimate of drug-likeness (QED) is 0.910. The molecule has 2 heterocycles. The summed E-state index contributed by atoms with van der Waals surface area (Å²) in [5.74, 6) is 0. The first kappa shape index (κ1) is 14.8. The molecule has 1 unspecified atom stereocenters. The summed E-state index contributed by atoms with van der Waals surface area (Å²) < 4.78 is 4.00. The molecule has 2 rings (SSSR count). The Morgan fingerprint density at radius 1 is 1.20 bits per heavy atom. The van der Waals surface area contributed by atoms with E-state index in [4.69, 9.17) is 5.73 Å². The van der Waals surface area contributed by atoms with Gasteiger partial charge in [0.1, 0.15) is 0 Å². The molecule has 20 heavy (non-hydrogen) atoms. The fraction of sp³-hybridized carbons (Fsp3) is 0.600. The average Bonchev–Trinajstić information content (AvgIpc) is 2.91. The molecule has 0 fully saturated rings. The zero-order chi connectivity index (χ0) is 14.9. The minimum atomic E-state index is 0.158. The molecule has 0 amide bonds. The van der Waals surface area contributed by atoms with E-state index >= 15 is 0 Å². The van der Waals surface area contributed by atoms with E-state index in [1.807, 2.05) is 29.4 Å². The molecule has 5 heteroatoms. The second kappa shape index (κ2) is 5.79. The van der Waals surface area contributed by atoms with Gasteiger partial charge in [-0.25, -0.2) is 0 Å². The zero-order valence-electron chi connectivity index (χ0n) is 13.1. The molecule has 0 radical (unpaired) electrons. The lowest BCUT2D eigenvalue weighted by Gasteiger charge is -2.07. The van der Waals surface area contributed by atoms with Crippen LogP contribution >= 0.6 is 0 Å². The van der Waals surface area contributed by atoms with Crippen LogP contribution in [-0.4, -0.2) is 25.6 Å². The number of aryl methyl sites for hydroxylation is 1. The highest BCUT2D eigenvalue weighted by molar-refractivity contribution is 5.26. The minimum Gasteiger partial charge on any atom is -0.328 e. The highest BCUT2D eigenvalue weighted by Crippen LogP contribution is 2.16. The number of nitrogens with zero attached hydrogens (tertiary/aromatic N) is 4. The van der Waals surface area contributed by atoms with Crippen molar-refractivity contribution < 1.29 is 0 Å². The van der Waals surface area contributed by atoms with Crippen LogP contribution in [0.5, 0.6) is 0 Å². The van der Waals surface area contributed by atoms with Crippen LogP contribution in [0.3, 0.4) is 0 Å². The van der Waals surface area contributed by atoms with Gasteiger partial charge >= 0.3 is 0 Å². The van der Waals surface area contributed by atoms with Gasteiger partial charge < -0.3 is 5.73 Å². The molecule has 2 aromatic rings. The Hall–Kier alpha value is -1.62. The first-order valence-electron chi connectivity index (χ1n) is 7.21. The van der Waals surface area contributed by atoms with Gasteiger partial charge in [-0.05, 0) is 52.7 Å². The highest BCUT2D eigenvalue weighted by atomic mass is 15.3. The maximum Gasteiger partial charge on any atom is 0.0853 e. The van der Waals surface area contributed by atoms with Crippen LogP contribution in [0.15, 0.2) is 12.3 Å². The van der Waals surface area contributed by atoms with Crippen LogP contribution in [0.25, 0.3) is 0 Å². The third-order valence-corrected chi connectivity index (χ3v) is 3.56. The van der Waals surface area contributed by atoms with Gasteiger partial charge in [0.2, 0.25) is 0 Å². The first-order valence-corrected chi connectivity index (χ1v) is 7.21. The summed E-state index contributed by atoms with van der Waals surface area (Å²) in [5.41, 5.74) is 10.5. The van der Waals surface area contributed by atoms with Crippen molar-refractivity contribution in [3.63, 3.8) is 0 Å². The lowest BCUT2D eigenvalue weighted by molar-refractivity contribution is 0.519. The lowest BCUT2D eigenvalue weighted by Crippen LogP contribution is -2.18. The van der Waals surface area contributed by atoms with Crippen molar-refractivity contribution in [3.8, 4) is 0 Å². The fourth-order valence-corrected chi connectivity index (χ4v) is 2.41. The van der Waals surface area contributed by atoms with Gasteiger partial charge in [-0.3, -0.25) is 9.36 Å². The molecule has 0 saturated carbocycles. The van der Waals surface area contributed by atoms with Crippen molar-refractivity contribution in [3.05, 3.63) is 34.9 Å². The Morgan fingerprint density at radius 3 is 2.45 bits per heavy atom. The Balaban J connectivity index is 2.20. The van der Waals surface area contributed by atoms with Crippen molar-refractivity contribution in [1.29, 1.82) is 0 Å². The van der Waals surface area contributed by atoms with Crippen LogP contribution in [0.2, 0.25) is 0 Å². The predicted molar refractivity (Wildman–Crippen MR) is 80.8 cm³/mol. The summed E-state index contributed by atoms with van der Waals surface area (Å²) in [5, 5.41) is 9.20. The molecule has 2 aromatic heterocycles. The van der Waals surface area contributed by atoms with Crippen molar-refractivity contribution >= 4 is 0 Å². The monoisotopic (exact) mass is 275 g/mol. The summed E-state index contributed by atoms with van der Waals surface area (Å²) in [6.45, 7) is 11.2. The van der Waals surface area contributed by atoms with Crippen molar-refractivity contribution in [1.82, 2.24) is 19.6 Å². The summed E-state index contributed by atoms with van der Waals surface area (Å²) in [6.07, 6.45) is 2.90. The number of rotatable bonds is 5. The average molecular weight is 275 g/mol. The van der Waals surface area contributed by atoms with Crippen LogP contribution < -0.4 is 5.73 Å². The largest absolute Gasteiger partial charge is 0.328 e. The van der Waals surface area contributed by atoms with Crippen molar-refractivity contribution in [2.45, 2.75) is 59.7 Å². The third-order valence-electron chi connectivity index (χ3n) is 3.56. The smallest absolute Gasteiger partial charge is 0.0853 e. The second-order valence-electron chi connectivity index (χ2n) is 5.87. The normalized spacial score (nSPS) is 13.2. The predicted octanol–water partition coefficient (Wildman–Crippen LogP) is 2.22. The molecule has 5 nitrogen and oxygen atoms in total. The minimum absolute atomic E-state index is 0.158. The molecule has 2 N–H and O–H groups in total. The van der Waals surface area contributed by atoms with E-state index in [2.05, 4.69) is 37.0 Å². The lowest BCUT2D eigenvalue weighted by atomic mass is 10.1. The Labute approximate surface area is 120 Å². The van der Waals surface area contributed by atoms with E-state index < -0.39 is 0 Å². The fourth-order valence-electron chi connectivity index (χ4n) is 2.41. The van der Waals surface area contributed by atoms with Crippen LogP contribution in [0.1, 0.15) is 49.5 Å². The van der Waals surface area contributed by atoms with Gasteiger partial charge in [-0.15, -0.1) is 0 Å². The molecule has 1 atom stereocenters. The molecule has 0 aromatic carbocycles. The summed E-state index contributed by atoms with van der Waals surface area (Å²) in [7, 11) is 0. The topological polar surface area (TPSA) is 61.7 Å². The van der Waals surface area contributed by atoms with Crippen LogP contribution in [0.4, 0.5) is 0 Å². The summed E-state index contributed by atoms with van der Waals surface area (Å²) in [6, 6.07) is 2.60. The maximum atomic E-state index is 5.91. The van der Waals surface area contributed by atoms with Gasteiger partial charge in [0.15, 0.2) is 0 Å². The van der Waals surface area contributed by atoms with Gasteiger partial charge in [-0.1, -0.05) is 0 Å². The molecule has 0 spiro atoms. The van der Waals surface area contributed by atoms with Crippen molar-refractivity contribution in [2.24, 2.45) is 5.73 Å². The van der Waals surface area contributed by atoms with E-state index in [1.54, 1.807) is 0 Å². The molecular weight excluding hydrogens is 250 g/mol. The SMILES string of the molecule is Cc1nn(Cc2ccn(C(C)C)n2)c(C)c1CC(C)N. The van der Waals surface area contributed by atoms with E-state index in [-0.39, 0.29) is 6.04 Å². The number of aromatic nitrogens is 4. The van der Waals surface area contributed by atoms with E-state index in [1.165, 1.54) is 11.3 Å². The van der Waals surface area contributed by atoms with Gasteiger partial charge in [0.05, 0.1) is 17.9 Å². The van der Waals surface area contributed by atoms with Gasteiger partial charge in [-0.2, -0.15) is 10.2 Å². The number of nitrogens with two attached hydrogens (primary N) is 1. The number of hydrogen-bond donors (Lipinski definition) is 1. The second-order valence-corrected chi connectivity index (χ2v) is 5.87. The zero-order valence-corrected chi connectivity index (χ0v) is 13.1. The van der Waals surface area contributed by atoms with Crippen LogP contribution in [0, 0.1) is 13.8 Å². The highest BCUT2D eigenvalue weighted by Gasteiger charge is 2.14. The molecule has 0 bridgehead atoms. The summed E-state index contributed by atoms with van der Waals surface area (Å²) >= 11 is 0. The van der Waals surface area contributed by atoms with E-state index in [0.29, 0.717) is 12.6 Å². The standard InChI is InChI=1S/C15H25N5/c1-10(2)19-7-6-14(18-19)9-20-13(5)15(8-11(3)16)12(4)17-20/h6-7,10-11H,8-9,16H2,1-5H3. The molecule has 110 valence electrons. The Morgan fingerprint density at radius 2 is 1.90 bits per heavy atom. The number of hydrogen-bond acceptors (Lipinski definition) is 3. The first-order chi connectivity index (χ1) is 9.38. The molecular formula is C15H25N5. The molecule has 0 aliphatic rings. The van der Waals surface area contributed by atoms with E-state index in [9.17, 15) is 0 Å². The summed E-state index contributed by atoms with van der Waals surface area (Å²) in [4.78, 5) is 0. The van der Waals surface area contributed by atoms with Crippen molar-refractivity contribution in [2.75, 3.05) is 0 Å². The van der Waals surface area contributed by atoms with E-state index in [0.717, 1.165) is 17.8 Å². The Bertz CT molecular complexity index is 577.